The lowest BCUT2D eigenvalue weighted by atomic mass is 10.0. The normalized spacial score (nSPS) is 12.1. The first-order chi connectivity index (χ1) is 13.8. The maximum Gasteiger partial charge on any atom is 0.121 e. The fourth-order valence-corrected chi connectivity index (χ4v) is 3.80. The lowest BCUT2D eigenvalue weighted by molar-refractivity contribution is 0.536. The molecule has 0 aliphatic heterocycles. The van der Waals surface area contributed by atoms with Crippen LogP contribution >= 0.6 is 0 Å². The van der Waals surface area contributed by atoms with Gasteiger partial charge in [0.25, 0.3) is 0 Å². The summed E-state index contributed by atoms with van der Waals surface area (Å²) in [5, 5.41) is 11.0. The zero-order chi connectivity index (χ0) is 19.9. The monoisotopic (exact) mass is 384 g/mol. The molecule has 156 valence electrons. The summed E-state index contributed by atoms with van der Waals surface area (Å²) in [6.45, 7) is 5.28. The van der Waals surface area contributed by atoms with Crippen molar-refractivity contribution in [2.75, 3.05) is 6.54 Å². The molecule has 1 heterocycles. The number of rotatable bonds is 16. The molecule has 1 aromatic heterocycles. The summed E-state index contributed by atoms with van der Waals surface area (Å²) in [4.78, 5) is 4.75. The molecule has 0 saturated heterocycles. The summed E-state index contributed by atoms with van der Waals surface area (Å²) >= 11 is 0. The molecule has 0 amide bonds. The summed E-state index contributed by atoms with van der Waals surface area (Å²) in [6.07, 6.45) is 19.5. The second-order valence-corrected chi connectivity index (χ2v) is 8.08. The molecule has 2 rings (SSSR count). The van der Waals surface area contributed by atoms with Crippen LogP contribution < -0.4 is 0 Å². The van der Waals surface area contributed by atoms with Crippen LogP contribution in [0, 0.1) is 0 Å². The fraction of sp³-hybridized carbons (Fsp3) is 0.708. The minimum absolute atomic E-state index is 0.915. The average molecular weight is 385 g/mol. The van der Waals surface area contributed by atoms with E-state index in [1.165, 1.54) is 89.9 Å². The number of unbranched alkanes of at least 4 members (excludes halogenated alkanes) is 13. The van der Waals surface area contributed by atoms with Crippen LogP contribution in [0.25, 0.3) is 11.0 Å². The smallest absolute Gasteiger partial charge is 0.121 e. The molecule has 0 aliphatic carbocycles. The number of nitrogens with zero attached hydrogens (tertiary/aromatic N) is 3. The highest BCUT2D eigenvalue weighted by molar-refractivity contribution is 6.07. The fourth-order valence-electron chi connectivity index (χ4n) is 3.80. The Hall–Kier alpha value is -1.71. The molecule has 1 N–H and O–H groups in total. The van der Waals surface area contributed by atoms with Gasteiger partial charge in [-0.05, 0) is 19.4 Å². The van der Waals surface area contributed by atoms with Crippen molar-refractivity contribution in [2.45, 2.75) is 104 Å². The Balaban J connectivity index is 1.44. The SMILES string of the molecule is CCCCCCCCCCCCCCCCN=C(C)c1cccc2[nH]nnc12. The van der Waals surface area contributed by atoms with Crippen molar-refractivity contribution in [3.8, 4) is 0 Å². The maximum absolute atomic E-state index is 4.75. The highest BCUT2D eigenvalue weighted by atomic mass is 15.3. The molecule has 0 atom stereocenters. The van der Waals surface area contributed by atoms with Gasteiger partial charge in [-0.3, -0.25) is 10.1 Å². The van der Waals surface area contributed by atoms with Crippen molar-refractivity contribution in [3.63, 3.8) is 0 Å². The van der Waals surface area contributed by atoms with Crippen LogP contribution in [0.15, 0.2) is 23.2 Å². The molecule has 0 radical (unpaired) electrons. The Morgan fingerprint density at radius 3 is 2.00 bits per heavy atom. The van der Waals surface area contributed by atoms with E-state index in [-0.39, 0.29) is 0 Å². The lowest BCUT2D eigenvalue weighted by Crippen LogP contribution is -1.98. The van der Waals surface area contributed by atoms with Gasteiger partial charge in [0.05, 0.1) is 5.52 Å². The van der Waals surface area contributed by atoms with Gasteiger partial charge in [0.2, 0.25) is 0 Å². The van der Waals surface area contributed by atoms with E-state index in [1.54, 1.807) is 0 Å². The Morgan fingerprint density at radius 1 is 0.821 bits per heavy atom. The molecule has 0 spiro atoms. The molecule has 0 bridgehead atoms. The maximum atomic E-state index is 4.75. The number of aromatic amines is 1. The van der Waals surface area contributed by atoms with E-state index in [0.29, 0.717) is 0 Å². The summed E-state index contributed by atoms with van der Waals surface area (Å²) in [5.41, 5.74) is 4.05. The summed E-state index contributed by atoms with van der Waals surface area (Å²) in [6, 6.07) is 6.11. The van der Waals surface area contributed by atoms with Crippen LogP contribution in [0.5, 0.6) is 0 Å². The molecular weight excluding hydrogens is 344 g/mol. The standard InChI is InChI=1S/C24H40N4/c1-3-4-5-6-7-8-9-10-11-12-13-14-15-16-20-25-21(2)22-18-17-19-23-24(22)27-28-26-23/h17-19H,3-16,20H2,1-2H3,(H,26,27,28). The second-order valence-electron chi connectivity index (χ2n) is 8.08. The van der Waals surface area contributed by atoms with Gasteiger partial charge in [0.1, 0.15) is 5.52 Å². The molecular formula is C24H40N4. The third-order valence-electron chi connectivity index (χ3n) is 5.61. The summed E-state index contributed by atoms with van der Waals surface area (Å²) < 4.78 is 0. The van der Waals surface area contributed by atoms with Gasteiger partial charge in [-0.25, -0.2) is 0 Å². The Bertz CT molecular complexity index is 674. The molecule has 0 aliphatic rings. The predicted molar refractivity (Wildman–Crippen MR) is 121 cm³/mol. The average Bonchev–Trinajstić information content (AvgIpc) is 3.19. The molecule has 0 fully saturated rings. The second kappa shape index (κ2) is 14.3. The van der Waals surface area contributed by atoms with E-state index in [9.17, 15) is 0 Å². The van der Waals surface area contributed by atoms with Gasteiger partial charge >= 0.3 is 0 Å². The highest BCUT2D eigenvalue weighted by Gasteiger charge is 2.06. The third kappa shape index (κ3) is 8.53. The van der Waals surface area contributed by atoms with Crippen molar-refractivity contribution < 1.29 is 0 Å². The molecule has 0 saturated carbocycles. The number of H-pyrrole nitrogens is 1. The Kier molecular flexibility index (Phi) is 11.5. The van der Waals surface area contributed by atoms with Gasteiger partial charge in [0.15, 0.2) is 0 Å². The number of hydrogen-bond donors (Lipinski definition) is 1. The van der Waals surface area contributed by atoms with Gasteiger partial charge in [-0.15, -0.1) is 5.10 Å². The van der Waals surface area contributed by atoms with Gasteiger partial charge in [-0.2, -0.15) is 0 Å². The van der Waals surface area contributed by atoms with Gasteiger partial charge in [0, 0.05) is 17.8 Å². The van der Waals surface area contributed by atoms with E-state index >= 15 is 0 Å². The number of fused-ring (bicyclic) bond motifs is 1. The van der Waals surface area contributed by atoms with E-state index in [0.717, 1.165) is 28.9 Å². The summed E-state index contributed by atoms with van der Waals surface area (Å²) in [5.74, 6) is 0. The van der Waals surface area contributed by atoms with Crippen LogP contribution in [-0.2, 0) is 0 Å². The van der Waals surface area contributed by atoms with Crippen molar-refractivity contribution in [1.82, 2.24) is 15.4 Å². The number of benzene rings is 1. The van der Waals surface area contributed by atoms with Crippen LogP contribution in [0.3, 0.4) is 0 Å². The predicted octanol–water partition coefficient (Wildman–Crippen LogP) is 7.25. The first kappa shape index (κ1) is 22.6. The van der Waals surface area contributed by atoms with Crippen LogP contribution in [0.4, 0.5) is 0 Å². The molecule has 4 heteroatoms. The lowest BCUT2D eigenvalue weighted by Gasteiger charge is -2.04. The topological polar surface area (TPSA) is 53.9 Å². The minimum atomic E-state index is 0.915. The molecule has 1 aromatic carbocycles. The van der Waals surface area contributed by atoms with Gasteiger partial charge in [-0.1, -0.05) is 108 Å². The quantitative estimate of drug-likeness (QED) is 0.245. The minimum Gasteiger partial charge on any atom is -0.289 e. The van der Waals surface area contributed by atoms with Gasteiger partial charge < -0.3 is 0 Å². The molecule has 28 heavy (non-hydrogen) atoms. The van der Waals surface area contributed by atoms with Crippen LogP contribution in [0.1, 0.15) is 109 Å². The van der Waals surface area contributed by atoms with E-state index < -0.39 is 0 Å². The zero-order valence-electron chi connectivity index (χ0n) is 18.2. The highest BCUT2D eigenvalue weighted by Crippen LogP contribution is 2.15. The van der Waals surface area contributed by atoms with E-state index in [1.807, 2.05) is 12.1 Å². The van der Waals surface area contributed by atoms with E-state index in [4.69, 9.17) is 4.99 Å². The number of aromatic nitrogens is 3. The zero-order valence-corrected chi connectivity index (χ0v) is 18.2. The van der Waals surface area contributed by atoms with E-state index in [2.05, 4.69) is 35.3 Å². The number of hydrogen-bond acceptors (Lipinski definition) is 3. The first-order valence-corrected chi connectivity index (χ1v) is 11.6. The largest absolute Gasteiger partial charge is 0.289 e. The molecule has 4 nitrogen and oxygen atoms in total. The third-order valence-corrected chi connectivity index (χ3v) is 5.61. The van der Waals surface area contributed by atoms with Crippen molar-refractivity contribution in [1.29, 1.82) is 0 Å². The summed E-state index contributed by atoms with van der Waals surface area (Å²) in [7, 11) is 0. The Morgan fingerprint density at radius 2 is 1.39 bits per heavy atom. The van der Waals surface area contributed by atoms with Crippen molar-refractivity contribution >= 4 is 16.7 Å². The number of aliphatic imine (C=N–C) groups is 1. The molecule has 2 aromatic rings. The van der Waals surface area contributed by atoms with Crippen molar-refractivity contribution in [2.24, 2.45) is 4.99 Å². The van der Waals surface area contributed by atoms with Crippen LogP contribution in [-0.4, -0.2) is 27.7 Å². The van der Waals surface area contributed by atoms with Crippen LogP contribution in [0.2, 0.25) is 0 Å². The van der Waals surface area contributed by atoms with Crippen molar-refractivity contribution in [3.05, 3.63) is 23.8 Å². The number of nitrogens with one attached hydrogen (secondary N) is 1. The molecule has 0 unspecified atom stereocenters. The first-order valence-electron chi connectivity index (χ1n) is 11.6. The Labute approximate surface area is 171 Å².